The molecule has 0 aliphatic heterocycles. The van der Waals surface area contributed by atoms with Crippen LogP contribution in [0.5, 0.6) is 0 Å². The smallest absolute Gasteiger partial charge is 0.0493 e. The van der Waals surface area contributed by atoms with Gasteiger partial charge in [-0.05, 0) is 125 Å². The number of fused-ring (bicyclic) bond motifs is 4. The van der Waals surface area contributed by atoms with E-state index in [1.807, 2.05) is 12.2 Å². The minimum atomic E-state index is -0.114. The van der Waals surface area contributed by atoms with Gasteiger partial charge >= 0.3 is 0 Å². The van der Waals surface area contributed by atoms with E-state index in [1.54, 1.807) is 0 Å². The van der Waals surface area contributed by atoms with E-state index >= 15 is 0 Å². The highest BCUT2D eigenvalue weighted by atomic mass is 15.2. The third kappa shape index (κ3) is 8.61. The molecule has 0 spiro atoms. The molecule has 0 heterocycles. The molecule has 0 saturated carbocycles. The molecule has 0 aromatic heterocycles. The minimum absolute atomic E-state index is 0.0909. The topological polar surface area (TPSA) is 6.48 Å². The van der Waals surface area contributed by atoms with Crippen LogP contribution in [0, 0.1) is 11.3 Å². The second kappa shape index (κ2) is 18.1. The summed E-state index contributed by atoms with van der Waals surface area (Å²) in [5.41, 5.74) is 16.4. The number of allylic oxidation sites excluding steroid dienone is 24. The maximum atomic E-state index is 4.73. The Morgan fingerprint density at radius 1 is 0.726 bits per heavy atom. The molecule has 1 atom stereocenters. The third-order valence-electron chi connectivity index (χ3n) is 13.0. The Morgan fingerprint density at radius 3 is 2.31 bits per heavy atom. The molecule has 2 nitrogen and oxygen atoms in total. The molecule has 62 heavy (non-hydrogen) atoms. The summed E-state index contributed by atoms with van der Waals surface area (Å²) < 4.78 is 0. The van der Waals surface area contributed by atoms with Gasteiger partial charge in [0.2, 0.25) is 0 Å². The Balaban J connectivity index is 1.15. The molecule has 0 amide bonds. The molecule has 0 radical (unpaired) electrons. The van der Waals surface area contributed by atoms with Crippen molar-refractivity contribution in [2.24, 2.45) is 11.3 Å². The molecular weight excluding hydrogens is 749 g/mol. The van der Waals surface area contributed by atoms with Gasteiger partial charge in [-0.2, -0.15) is 0 Å². The van der Waals surface area contributed by atoms with Gasteiger partial charge in [-0.1, -0.05) is 187 Å². The average molecular weight is 809 g/mol. The first-order chi connectivity index (χ1) is 30.1. The van der Waals surface area contributed by atoms with Gasteiger partial charge in [0, 0.05) is 51.4 Å². The van der Waals surface area contributed by atoms with Crippen molar-refractivity contribution in [3.05, 3.63) is 264 Å². The first-order valence-corrected chi connectivity index (χ1v) is 22.2. The zero-order valence-electron chi connectivity index (χ0n) is 37.0. The van der Waals surface area contributed by atoms with Gasteiger partial charge in [-0.15, -0.1) is 0 Å². The molecule has 1 unspecified atom stereocenters. The molecule has 8 rings (SSSR count). The molecule has 5 aliphatic rings. The molecule has 0 bridgehead atoms. The van der Waals surface area contributed by atoms with E-state index in [-0.39, 0.29) is 10.8 Å². The fraction of sp³-hybridized carbons (Fsp3) is 0.200. The number of nitrogens with zero attached hydrogens (tertiary/aromatic N) is 2. The van der Waals surface area contributed by atoms with Crippen LogP contribution in [-0.4, -0.2) is 4.90 Å². The van der Waals surface area contributed by atoms with Crippen LogP contribution in [0.1, 0.15) is 70.9 Å². The predicted molar refractivity (Wildman–Crippen MR) is 267 cm³/mol. The molecule has 0 saturated heterocycles. The first-order valence-electron chi connectivity index (χ1n) is 22.2. The molecule has 3 aromatic rings. The lowest BCUT2D eigenvalue weighted by Crippen LogP contribution is -2.24. The molecule has 0 N–H and O–H groups in total. The molecule has 3 aromatic carbocycles. The van der Waals surface area contributed by atoms with Crippen molar-refractivity contribution in [2.75, 3.05) is 4.90 Å². The highest BCUT2D eigenvalue weighted by Gasteiger charge is 2.36. The van der Waals surface area contributed by atoms with Gasteiger partial charge in [0.25, 0.3) is 0 Å². The van der Waals surface area contributed by atoms with Crippen molar-refractivity contribution in [1.29, 1.82) is 0 Å². The lowest BCUT2D eigenvalue weighted by atomic mass is 9.74. The summed E-state index contributed by atoms with van der Waals surface area (Å²) in [5.74, 6) is 0.390. The fourth-order valence-corrected chi connectivity index (χ4v) is 9.50. The van der Waals surface area contributed by atoms with E-state index in [9.17, 15) is 0 Å². The molecule has 0 fully saturated rings. The lowest BCUT2D eigenvalue weighted by Gasteiger charge is -2.34. The first kappa shape index (κ1) is 42.1. The Bertz CT molecular complexity index is 2650. The highest BCUT2D eigenvalue weighted by Crippen LogP contribution is 2.50. The van der Waals surface area contributed by atoms with Crippen LogP contribution in [0.4, 0.5) is 11.4 Å². The summed E-state index contributed by atoms with van der Waals surface area (Å²) >= 11 is 0. The summed E-state index contributed by atoms with van der Waals surface area (Å²) in [6, 6.07) is 26.3. The summed E-state index contributed by atoms with van der Waals surface area (Å²) in [4.78, 5) is 4.76. The fourth-order valence-electron chi connectivity index (χ4n) is 9.50. The number of para-hydroxylation sites is 1. The maximum absolute atomic E-state index is 4.73. The maximum Gasteiger partial charge on any atom is 0.0493 e. The van der Waals surface area contributed by atoms with Crippen LogP contribution < -0.4 is 4.90 Å². The van der Waals surface area contributed by atoms with E-state index in [0.29, 0.717) is 5.92 Å². The normalized spacial score (nSPS) is 21.6. The lowest BCUT2D eigenvalue weighted by molar-refractivity contribution is 0.499. The van der Waals surface area contributed by atoms with Crippen molar-refractivity contribution < 1.29 is 0 Å². The van der Waals surface area contributed by atoms with Crippen LogP contribution in [-0.2, 0) is 5.41 Å². The van der Waals surface area contributed by atoms with Crippen molar-refractivity contribution in [3.63, 3.8) is 0 Å². The van der Waals surface area contributed by atoms with Crippen molar-refractivity contribution >= 4 is 11.4 Å². The average Bonchev–Trinajstić information content (AvgIpc) is 3.56. The van der Waals surface area contributed by atoms with Crippen molar-refractivity contribution in [1.82, 2.24) is 4.90 Å². The standard InChI is InChI=1S/C60H60N2/c1-8-9-23-47(43-61(48-26-12-10-13-27-48)51-38-39-54-53-32-17-20-34-56(53)60(6,7)57(54)42-51)44(2)36-37-45(3)52-31-18-21-35-58(52)62(49-28-14-11-15-29-49)50-30-22-25-46-24-16-19-33-55(46)59(4,5)41-40-50/h8-14,16-17,19-23,25-28,30,32-43,46H,1-3,15,18,24,29,31H2,4-7H3/b23-9-,25-22+,37-36-,41-40+,47-43-,50-30+. The quantitative estimate of drug-likeness (QED) is 0.168. The second-order valence-electron chi connectivity index (χ2n) is 17.9. The van der Waals surface area contributed by atoms with Gasteiger partial charge in [0.15, 0.2) is 0 Å². The van der Waals surface area contributed by atoms with E-state index in [2.05, 4.69) is 227 Å². The van der Waals surface area contributed by atoms with Crippen LogP contribution in [0.25, 0.3) is 11.1 Å². The molecular formula is C60H60N2. The largest absolute Gasteiger partial charge is 0.317 e. The highest BCUT2D eigenvalue weighted by molar-refractivity contribution is 5.83. The zero-order chi connectivity index (χ0) is 43.3. The Hall–Kier alpha value is -6.64. The zero-order valence-corrected chi connectivity index (χ0v) is 37.0. The minimum Gasteiger partial charge on any atom is -0.317 e. The van der Waals surface area contributed by atoms with Crippen LogP contribution in [0.3, 0.4) is 0 Å². The molecule has 5 aliphatic carbocycles. The Morgan fingerprint density at radius 2 is 1.50 bits per heavy atom. The number of benzene rings is 3. The van der Waals surface area contributed by atoms with E-state index in [4.69, 9.17) is 6.58 Å². The second-order valence-corrected chi connectivity index (χ2v) is 17.9. The molecule has 310 valence electrons. The number of rotatable bonds is 12. The van der Waals surface area contributed by atoms with Gasteiger partial charge in [-0.25, -0.2) is 0 Å². The SMILES string of the molecule is C=C/C=C\C(=C\N(c1ccccc1)c1ccc2c(c1)C(C)(C)c1ccccc1-2)C(=C)/C=C\C(=C)C1=C(N(C2=CC=CCC2)C2=C/C=C/C3CC=CC=C3C(C)(C)\C=C\2)C=CCC1. The Kier molecular flexibility index (Phi) is 12.3. The number of hydrogen-bond donors (Lipinski definition) is 0. The van der Waals surface area contributed by atoms with E-state index < -0.39 is 0 Å². The van der Waals surface area contributed by atoms with Crippen LogP contribution >= 0.6 is 0 Å². The third-order valence-corrected chi connectivity index (χ3v) is 13.0. The number of anilines is 2. The van der Waals surface area contributed by atoms with Gasteiger partial charge in [0.05, 0.1) is 0 Å². The van der Waals surface area contributed by atoms with Crippen LogP contribution in [0.15, 0.2) is 253 Å². The summed E-state index contributed by atoms with van der Waals surface area (Å²) in [6.45, 7) is 22.7. The molecule has 2 heteroatoms. The monoisotopic (exact) mass is 808 g/mol. The van der Waals surface area contributed by atoms with Crippen molar-refractivity contribution in [2.45, 2.75) is 65.2 Å². The summed E-state index contributed by atoms with van der Waals surface area (Å²) in [5, 5.41) is 0. The van der Waals surface area contributed by atoms with Gasteiger partial charge in [0.1, 0.15) is 0 Å². The summed E-state index contributed by atoms with van der Waals surface area (Å²) in [7, 11) is 0. The van der Waals surface area contributed by atoms with Crippen LogP contribution in [0.2, 0.25) is 0 Å². The van der Waals surface area contributed by atoms with E-state index in [1.165, 1.54) is 44.8 Å². The summed E-state index contributed by atoms with van der Waals surface area (Å²) in [6.07, 6.45) is 47.1. The number of hydrogen-bond acceptors (Lipinski definition) is 2. The van der Waals surface area contributed by atoms with Gasteiger partial charge in [-0.3, -0.25) is 0 Å². The Labute approximate surface area is 371 Å². The van der Waals surface area contributed by atoms with E-state index in [0.717, 1.165) is 65.9 Å². The predicted octanol–water partition coefficient (Wildman–Crippen LogP) is 16.1. The van der Waals surface area contributed by atoms with Gasteiger partial charge < -0.3 is 9.80 Å². The van der Waals surface area contributed by atoms with Crippen molar-refractivity contribution in [3.8, 4) is 11.1 Å².